The van der Waals surface area contributed by atoms with Crippen molar-refractivity contribution in [2.24, 2.45) is 7.05 Å². The highest BCUT2D eigenvalue weighted by Gasteiger charge is 2.31. The van der Waals surface area contributed by atoms with Gasteiger partial charge in [0, 0.05) is 55.2 Å². The highest BCUT2D eigenvalue weighted by atomic mass is 19.3. The van der Waals surface area contributed by atoms with Gasteiger partial charge in [-0.1, -0.05) is 30.3 Å². The lowest BCUT2D eigenvalue weighted by molar-refractivity contribution is -0.169. The minimum absolute atomic E-state index is 0.00568. The van der Waals surface area contributed by atoms with E-state index in [9.17, 15) is 18.8 Å². The van der Waals surface area contributed by atoms with Crippen molar-refractivity contribution in [1.82, 2.24) is 30.0 Å². The zero-order valence-electron chi connectivity index (χ0n) is 27.3. The summed E-state index contributed by atoms with van der Waals surface area (Å²) in [4.78, 5) is 29.2. The first kappa shape index (κ1) is 33.7. The van der Waals surface area contributed by atoms with E-state index in [1.807, 2.05) is 55.7 Å². The van der Waals surface area contributed by atoms with Crippen molar-refractivity contribution in [1.29, 1.82) is 5.26 Å². The number of alkyl halides is 2. The van der Waals surface area contributed by atoms with Crippen LogP contribution in [0.5, 0.6) is 0 Å². The number of anilines is 3. The molecule has 0 saturated heterocycles. The van der Waals surface area contributed by atoms with Gasteiger partial charge in [0.15, 0.2) is 0 Å². The SMILES string of the molecule is Cn1cc(-c2ccc(N(C(=O)NCc3ccccc3)[C@H]3CC[C@H](Nc4ncc(C#N)c(NC5CCC(OC(F)F)CC5)n4)CC3)nc2)cn1. The van der Waals surface area contributed by atoms with Crippen molar-refractivity contribution in [3.63, 3.8) is 0 Å². The number of pyridine rings is 1. The van der Waals surface area contributed by atoms with Crippen LogP contribution in [-0.4, -0.2) is 61.6 Å². The fourth-order valence-electron chi connectivity index (χ4n) is 6.57. The molecule has 1 aromatic carbocycles. The largest absolute Gasteiger partial charge is 0.366 e. The highest BCUT2D eigenvalue weighted by Crippen LogP contribution is 2.31. The molecule has 0 atom stereocenters. The number of hydrogen-bond acceptors (Lipinski definition) is 9. The number of rotatable bonds is 11. The lowest BCUT2D eigenvalue weighted by atomic mass is 9.90. The Bertz CT molecular complexity index is 1710. The van der Waals surface area contributed by atoms with Crippen LogP contribution in [0.25, 0.3) is 11.1 Å². The Hall–Kier alpha value is -5.16. The Morgan fingerprint density at radius 3 is 2.35 bits per heavy atom. The first-order valence-corrected chi connectivity index (χ1v) is 16.6. The van der Waals surface area contributed by atoms with Crippen molar-refractivity contribution < 1.29 is 18.3 Å². The number of nitriles is 1. The van der Waals surface area contributed by atoms with Crippen LogP contribution < -0.4 is 20.9 Å². The highest BCUT2D eigenvalue weighted by molar-refractivity contribution is 5.91. The average Bonchev–Trinajstić information content (AvgIpc) is 3.56. The molecule has 12 nitrogen and oxygen atoms in total. The maximum absolute atomic E-state index is 13.7. The molecule has 14 heteroatoms. The van der Waals surface area contributed by atoms with E-state index in [0.717, 1.165) is 42.4 Å². The number of hydrogen-bond donors (Lipinski definition) is 3. The predicted octanol–water partition coefficient (Wildman–Crippen LogP) is 6.25. The van der Waals surface area contributed by atoms with Gasteiger partial charge in [-0.2, -0.15) is 24.1 Å². The Morgan fingerprint density at radius 2 is 1.69 bits per heavy atom. The van der Waals surface area contributed by atoms with Gasteiger partial charge in [-0.15, -0.1) is 0 Å². The lowest BCUT2D eigenvalue weighted by Crippen LogP contribution is -2.49. The second-order valence-electron chi connectivity index (χ2n) is 12.6. The maximum Gasteiger partial charge on any atom is 0.345 e. The van der Waals surface area contributed by atoms with Gasteiger partial charge in [0.1, 0.15) is 23.3 Å². The molecule has 2 fully saturated rings. The summed E-state index contributed by atoms with van der Waals surface area (Å²) in [6.07, 6.45) is 11.8. The first-order valence-electron chi connectivity index (χ1n) is 16.6. The molecule has 6 rings (SSSR count). The van der Waals surface area contributed by atoms with E-state index >= 15 is 0 Å². The second kappa shape index (κ2) is 15.8. The van der Waals surface area contributed by atoms with Crippen molar-refractivity contribution in [3.05, 3.63) is 78.4 Å². The van der Waals surface area contributed by atoms with Crippen LogP contribution in [0.4, 0.5) is 31.2 Å². The van der Waals surface area contributed by atoms with Crippen molar-refractivity contribution in [2.75, 3.05) is 15.5 Å². The van der Waals surface area contributed by atoms with Crippen LogP contribution in [0, 0.1) is 11.3 Å². The fourth-order valence-corrected chi connectivity index (χ4v) is 6.57. The molecular formula is C35H40F2N10O2. The van der Waals surface area contributed by atoms with Crippen LogP contribution in [0.2, 0.25) is 0 Å². The quantitative estimate of drug-likeness (QED) is 0.169. The molecule has 3 heterocycles. The molecule has 0 unspecified atom stereocenters. The molecule has 2 amide bonds. The van der Waals surface area contributed by atoms with Crippen LogP contribution in [0.1, 0.15) is 62.5 Å². The first-order chi connectivity index (χ1) is 23.8. The summed E-state index contributed by atoms with van der Waals surface area (Å²) in [5, 5.41) is 23.7. The van der Waals surface area contributed by atoms with Crippen LogP contribution in [0.15, 0.2) is 67.3 Å². The standard InChI is InChI=1S/C35H40F2N10O2/c1-46-22-26(21-42-46)24-7-16-31(39-19-24)47(35(48)41-18-23-5-3-2-4-6-23)29-12-8-28(9-13-29)44-34-40-20-25(17-38)32(45-34)43-27-10-14-30(15-11-27)49-33(36)37/h2-7,16,19-22,27-30,33H,8-15,18H2,1H3,(H,41,48)(H2,40,43,44,45)/t27?,28-,29-,30?. The van der Waals surface area contributed by atoms with E-state index in [-0.39, 0.29) is 24.2 Å². The third kappa shape index (κ3) is 8.85. The van der Waals surface area contributed by atoms with Gasteiger partial charge in [0.2, 0.25) is 5.95 Å². The third-order valence-corrected chi connectivity index (χ3v) is 9.15. The predicted molar refractivity (Wildman–Crippen MR) is 181 cm³/mol. The van der Waals surface area contributed by atoms with Crippen LogP contribution >= 0.6 is 0 Å². The normalized spacial score (nSPS) is 20.7. The Morgan fingerprint density at radius 1 is 0.959 bits per heavy atom. The average molecular weight is 671 g/mol. The van der Waals surface area contributed by atoms with E-state index in [1.165, 1.54) is 6.20 Å². The number of ether oxygens (including phenoxy) is 1. The molecule has 0 spiro atoms. The van der Waals surface area contributed by atoms with E-state index in [2.05, 4.69) is 41.8 Å². The van der Waals surface area contributed by atoms with Crippen molar-refractivity contribution >= 4 is 23.6 Å². The van der Waals surface area contributed by atoms with Gasteiger partial charge >= 0.3 is 12.6 Å². The minimum Gasteiger partial charge on any atom is -0.366 e. The summed E-state index contributed by atoms with van der Waals surface area (Å²) in [6.45, 7) is -2.37. The molecule has 256 valence electrons. The fraction of sp³-hybridized carbons (Fsp3) is 0.429. The number of aryl methyl sites for hydroxylation is 1. The number of halogens is 2. The summed E-state index contributed by atoms with van der Waals surface area (Å²) < 4.78 is 31.6. The Balaban J connectivity index is 1.10. The van der Waals surface area contributed by atoms with Crippen LogP contribution in [-0.2, 0) is 18.3 Å². The van der Waals surface area contributed by atoms with Gasteiger partial charge in [-0.3, -0.25) is 9.58 Å². The van der Waals surface area contributed by atoms with Crippen molar-refractivity contribution in [2.45, 2.75) is 88.8 Å². The molecule has 0 radical (unpaired) electrons. The van der Waals surface area contributed by atoms with Crippen LogP contribution in [0.3, 0.4) is 0 Å². The number of carbonyl (C=O) groups excluding carboxylic acids is 1. The molecule has 49 heavy (non-hydrogen) atoms. The molecular weight excluding hydrogens is 630 g/mol. The van der Waals surface area contributed by atoms with Crippen molar-refractivity contribution in [3.8, 4) is 17.2 Å². The summed E-state index contributed by atoms with van der Waals surface area (Å²) >= 11 is 0. The molecule has 0 bridgehead atoms. The van der Waals surface area contributed by atoms with E-state index in [0.29, 0.717) is 55.4 Å². The molecule has 0 aliphatic heterocycles. The third-order valence-electron chi connectivity index (χ3n) is 9.15. The number of carbonyl (C=O) groups is 1. The Kier molecular flexibility index (Phi) is 10.9. The minimum atomic E-state index is -2.77. The second-order valence-corrected chi connectivity index (χ2v) is 12.6. The molecule has 2 aliphatic rings. The topological polar surface area (TPSA) is 146 Å². The van der Waals surface area contributed by atoms with Gasteiger partial charge in [-0.05, 0) is 69.1 Å². The van der Waals surface area contributed by atoms with Gasteiger partial charge in [-0.25, -0.2) is 14.8 Å². The molecule has 3 N–H and O–H groups in total. The monoisotopic (exact) mass is 670 g/mol. The number of nitrogens with one attached hydrogen (secondary N) is 3. The molecule has 2 saturated carbocycles. The van der Waals surface area contributed by atoms with Gasteiger partial charge in [0.05, 0.1) is 18.5 Å². The summed E-state index contributed by atoms with van der Waals surface area (Å²) in [7, 11) is 1.86. The number of benzene rings is 1. The van der Waals surface area contributed by atoms with Gasteiger partial charge < -0.3 is 20.7 Å². The number of amides is 2. The number of urea groups is 1. The zero-order valence-corrected chi connectivity index (χ0v) is 27.3. The lowest BCUT2D eigenvalue weighted by Gasteiger charge is -2.36. The Labute approximate surface area is 283 Å². The smallest absolute Gasteiger partial charge is 0.345 e. The van der Waals surface area contributed by atoms with Gasteiger partial charge in [0.25, 0.3) is 0 Å². The maximum atomic E-state index is 13.7. The number of aromatic nitrogens is 5. The number of nitrogens with zero attached hydrogens (tertiary/aromatic N) is 7. The summed E-state index contributed by atoms with van der Waals surface area (Å²) in [6, 6.07) is 15.5. The molecule has 4 aromatic rings. The summed E-state index contributed by atoms with van der Waals surface area (Å²) in [5.74, 6) is 1.41. The van der Waals surface area contributed by atoms with E-state index in [4.69, 9.17) is 4.98 Å². The molecule has 3 aromatic heterocycles. The molecule has 2 aliphatic carbocycles. The van der Waals surface area contributed by atoms with E-state index < -0.39 is 12.7 Å². The van der Waals surface area contributed by atoms with E-state index in [1.54, 1.807) is 22.0 Å². The zero-order chi connectivity index (χ0) is 34.2. The summed E-state index contributed by atoms with van der Waals surface area (Å²) in [5.41, 5.74) is 3.19.